The Bertz CT molecular complexity index is 432. The van der Waals surface area contributed by atoms with E-state index < -0.39 is 5.97 Å². The van der Waals surface area contributed by atoms with Crippen molar-refractivity contribution in [2.75, 3.05) is 5.75 Å². The SMILES string of the molecule is CCC(C)C(C)n1c(SCC(=O)O)nnc1C(C)C. The molecule has 0 aliphatic heterocycles. The van der Waals surface area contributed by atoms with E-state index in [0.717, 1.165) is 12.2 Å². The molecule has 1 aromatic heterocycles. The van der Waals surface area contributed by atoms with Crippen molar-refractivity contribution in [1.29, 1.82) is 0 Å². The predicted molar refractivity (Wildman–Crippen MR) is 76.6 cm³/mol. The molecule has 1 rings (SSSR count). The Hall–Kier alpha value is -1.04. The van der Waals surface area contributed by atoms with E-state index in [0.29, 0.717) is 11.1 Å². The van der Waals surface area contributed by atoms with Gasteiger partial charge in [0.1, 0.15) is 5.82 Å². The molecule has 6 heteroatoms. The molecule has 0 saturated heterocycles. The van der Waals surface area contributed by atoms with E-state index in [4.69, 9.17) is 5.11 Å². The summed E-state index contributed by atoms with van der Waals surface area (Å²) in [5.74, 6) is 0.891. The van der Waals surface area contributed by atoms with Crippen LogP contribution in [0.5, 0.6) is 0 Å². The number of carbonyl (C=O) groups is 1. The molecule has 0 bridgehead atoms. The number of carboxylic acid groups (broad SMARTS) is 1. The van der Waals surface area contributed by atoms with Crippen molar-refractivity contribution < 1.29 is 9.90 Å². The molecule has 0 fully saturated rings. The standard InChI is InChI=1S/C13H23N3O2S/c1-6-9(4)10(5)16-12(8(2)3)14-15-13(16)19-7-11(17)18/h8-10H,6-7H2,1-5H3,(H,17,18). The van der Waals surface area contributed by atoms with Crippen molar-refractivity contribution in [3.8, 4) is 0 Å². The zero-order valence-corrected chi connectivity index (χ0v) is 13.1. The maximum Gasteiger partial charge on any atom is 0.313 e. The van der Waals surface area contributed by atoms with E-state index in [-0.39, 0.29) is 17.7 Å². The quantitative estimate of drug-likeness (QED) is 0.779. The summed E-state index contributed by atoms with van der Waals surface area (Å²) in [6.07, 6.45) is 1.07. The number of rotatable bonds is 7. The Balaban J connectivity index is 3.07. The normalized spacial score (nSPS) is 14.6. The number of nitrogens with zero attached hydrogens (tertiary/aromatic N) is 3. The van der Waals surface area contributed by atoms with Crippen LogP contribution in [0.25, 0.3) is 0 Å². The van der Waals surface area contributed by atoms with E-state index in [1.165, 1.54) is 11.8 Å². The lowest BCUT2D eigenvalue weighted by Gasteiger charge is -2.24. The van der Waals surface area contributed by atoms with Crippen LogP contribution in [0.4, 0.5) is 0 Å². The predicted octanol–water partition coefficient (Wildman–Crippen LogP) is 3.19. The van der Waals surface area contributed by atoms with E-state index in [9.17, 15) is 4.79 Å². The summed E-state index contributed by atoms with van der Waals surface area (Å²) in [4.78, 5) is 10.7. The monoisotopic (exact) mass is 285 g/mol. The molecule has 0 spiro atoms. The van der Waals surface area contributed by atoms with Crippen molar-refractivity contribution in [3.05, 3.63) is 5.82 Å². The molecule has 1 heterocycles. The summed E-state index contributed by atoms with van der Waals surface area (Å²) in [6.45, 7) is 10.7. The number of thioether (sulfide) groups is 1. The highest BCUT2D eigenvalue weighted by molar-refractivity contribution is 7.99. The minimum atomic E-state index is -0.832. The maximum absolute atomic E-state index is 10.7. The van der Waals surface area contributed by atoms with Gasteiger partial charge in [-0.3, -0.25) is 4.79 Å². The first-order valence-electron chi connectivity index (χ1n) is 6.67. The largest absolute Gasteiger partial charge is 0.481 e. The highest BCUT2D eigenvalue weighted by atomic mass is 32.2. The Morgan fingerprint density at radius 1 is 1.32 bits per heavy atom. The van der Waals surface area contributed by atoms with E-state index in [2.05, 4.69) is 49.4 Å². The van der Waals surface area contributed by atoms with Gasteiger partial charge in [-0.15, -0.1) is 10.2 Å². The molecule has 2 unspecified atom stereocenters. The lowest BCUT2D eigenvalue weighted by Crippen LogP contribution is -2.18. The molecule has 0 amide bonds. The summed E-state index contributed by atoms with van der Waals surface area (Å²) in [6, 6.07) is 0.272. The fraction of sp³-hybridized carbons (Fsp3) is 0.769. The van der Waals surface area contributed by atoms with Gasteiger partial charge >= 0.3 is 5.97 Å². The van der Waals surface area contributed by atoms with Crippen LogP contribution >= 0.6 is 11.8 Å². The molecule has 108 valence electrons. The lowest BCUT2D eigenvalue weighted by molar-refractivity contribution is -0.133. The lowest BCUT2D eigenvalue weighted by atomic mass is 10.00. The van der Waals surface area contributed by atoms with Crippen molar-refractivity contribution in [1.82, 2.24) is 14.8 Å². The third-order valence-electron chi connectivity index (χ3n) is 3.41. The van der Waals surface area contributed by atoms with Crippen LogP contribution in [0.3, 0.4) is 0 Å². The Labute approximate surface area is 118 Å². The van der Waals surface area contributed by atoms with Crippen molar-refractivity contribution in [2.45, 2.75) is 58.2 Å². The molecule has 0 aliphatic carbocycles. The van der Waals surface area contributed by atoms with Crippen molar-refractivity contribution >= 4 is 17.7 Å². The highest BCUT2D eigenvalue weighted by Crippen LogP contribution is 2.30. The minimum Gasteiger partial charge on any atom is -0.481 e. The summed E-state index contributed by atoms with van der Waals surface area (Å²) in [5.41, 5.74) is 0. The first-order valence-corrected chi connectivity index (χ1v) is 7.66. The second-order valence-electron chi connectivity index (χ2n) is 5.17. The second kappa shape index (κ2) is 6.93. The molecule has 1 aromatic rings. The molecule has 5 nitrogen and oxygen atoms in total. The fourth-order valence-corrected chi connectivity index (χ4v) is 2.64. The van der Waals surface area contributed by atoms with E-state index >= 15 is 0 Å². The topological polar surface area (TPSA) is 68.0 Å². The second-order valence-corrected chi connectivity index (χ2v) is 6.12. The van der Waals surface area contributed by atoms with Gasteiger partial charge in [-0.2, -0.15) is 0 Å². The fourth-order valence-electron chi connectivity index (χ4n) is 1.89. The van der Waals surface area contributed by atoms with Crippen molar-refractivity contribution in [3.63, 3.8) is 0 Å². The molecule has 0 aliphatic rings. The van der Waals surface area contributed by atoms with Gasteiger partial charge in [-0.05, 0) is 12.8 Å². The Morgan fingerprint density at radius 3 is 2.42 bits per heavy atom. The van der Waals surface area contributed by atoms with Crippen LogP contribution in [-0.2, 0) is 4.79 Å². The smallest absolute Gasteiger partial charge is 0.313 e. The molecule has 1 N–H and O–H groups in total. The van der Waals surface area contributed by atoms with Crippen LogP contribution in [-0.4, -0.2) is 31.6 Å². The molecule has 19 heavy (non-hydrogen) atoms. The molecule has 0 aromatic carbocycles. The third kappa shape index (κ3) is 3.96. The average molecular weight is 285 g/mol. The Kier molecular flexibility index (Phi) is 5.85. The van der Waals surface area contributed by atoms with Crippen LogP contribution < -0.4 is 0 Å². The van der Waals surface area contributed by atoms with Gasteiger partial charge in [0.2, 0.25) is 0 Å². The van der Waals surface area contributed by atoms with Crippen LogP contribution in [0.15, 0.2) is 5.16 Å². The van der Waals surface area contributed by atoms with Crippen LogP contribution in [0.2, 0.25) is 0 Å². The summed E-state index contributed by atoms with van der Waals surface area (Å²) >= 11 is 1.24. The summed E-state index contributed by atoms with van der Waals surface area (Å²) in [5, 5.41) is 17.9. The van der Waals surface area contributed by atoms with Gasteiger partial charge in [0.15, 0.2) is 5.16 Å². The molecule has 0 radical (unpaired) electrons. The number of aromatic nitrogens is 3. The number of hydrogen-bond donors (Lipinski definition) is 1. The first-order chi connectivity index (χ1) is 8.88. The zero-order valence-electron chi connectivity index (χ0n) is 12.3. The molecular formula is C13H23N3O2S. The zero-order chi connectivity index (χ0) is 14.6. The number of aliphatic carboxylic acids is 1. The van der Waals surface area contributed by atoms with Gasteiger partial charge in [0.25, 0.3) is 0 Å². The van der Waals surface area contributed by atoms with Crippen LogP contribution in [0, 0.1) is 5.92 Å². The molecule has 2 atom stereocenters. The number of carboxylic acids is 1. The van der Waals surface area contributed by atoms with Gasteiger partial charge in [0, 0.05) is 12.0 Å². The summed E-state index contributed by atoms with van der Waals surface area (Å²) < 4.78 is 2.10. The van der Waals surface area contributed by atoms with E-state index in [1.807, 2.05) is 0 Å². The van der Waals surface area contributed by atoms with Gasteiger partial charge in [-0.25, -0.2) is 0 Å². The summed E-state index contributed by atoms with van der Waals surface area (Å²) in [7, 11) is 0. The number of hydrogen-bond acceptors (Lipinski definition) is 4. The minimum absolute atomic E-state index is 0.0173. The van der Waals surface area contributed by atoms with Crippen LogP contribution in [0.1, 0.15) is 58.8 Å². The maximum atomic E-state index is 10.7. The first kappa shape index (κ1) is 16.0. The highest BCUT2D eigenvalue weighted by Gasteiger charge is 2.23. The average Bonchev–Trinajstić information content (AvgIpc) is 2.78. The third-order valence-corrected chi connectivity index (χ3v) is 4.33. The molecular weight excluding hydrogens is 262 g/mol. The van der Waals surface area contributed by atoms with Gasteiger partial charge in [0.05, 0.1) is 5.75 Å². The van der Waals surface area contributed by atoms with E-state index in [1.54, 1.807) is 0 Å². The Morgan fingerprint density at radius 2 is 1.95 bits per heavy atom. The van der Waals surface area contributed by atoms with Gasteiger partial charge < -0.3 is 9.67 Å². The van der Waals surface area contributed by atoms with Gasteiger partial charge in [-0.1, -0.05) is 45.9 Å². The molecule has 0 saturated carbocycles. The van der Waals surface area contributed by atoms with Crippen molar-refractivity contribution in [2.24, 2.45) is 5.92 Å².